The summed E-state index contributed by atoms with van der Waals surface area (Å²) in [6.45, 7) is 2.14. The number of nitrogens with one attached hydrogen (secondary N) is 1. The highest BCUT2D eigenvalue weighted by Crippen LogP contribution is 2.46. The smallest absolute Gasteiger partial charge is 0.256 e. The van der Waals surface area contributed by atoms with E-state index < -0.39 is 17.2 Å². The normalized spacial score (nSPS) is 16.2. The number of anilines is 1. The summed E-state index contributed by atoms with van der Waals surface area (Å²) >= 11 is 0. The maximum absolute atomic E-state index is 15.6. The Morgan fingerprint density at radius 3 is 2.94 bits per heavy atom. The van der Waals surface area contributed by atoms with Crippen LogP contribution in [0, 0.1) is 5.82 Å². The number of aryl methyl sites for hydroxylation is 1. The number of fused-ring (bicyclic) bond motifs is 2. The number of imidazole rings is 1. The molecule has 2 aliphatic rings. The van der Waals surface area contributed by atoms with Gasteiger partial charge in [0.05, 0.1) is 17.4 Å². The zero-order valence-electron chi connectivity index (χ0n) is 19.5. The molecule has 0 bridgehead atoms. The summed E-state index contributed by atoms with van der Waals surface area (Å²) in [4.78, 5) is 32.4. The molecule has 2 aromatic carbocycles. The predicted molar refractivity (Wildman–Crippen MR) is 134 cm³/mol. The molecule has 0 saturated carbocycles. The number of aromatic nitrogens is 3. The summed E-state index contributed by atoms with van der Waals surface area (Å²) in [7, 11) is 0. The van der Waals surface area contributed by atoms with Crippen molar-refractivity contribution in [1.29, 1.82) is 0 Å². The zero-order chi connectivity index (χ0) is 24.8. The van der Waals surface area contributed by atoms with Crippen molar-refractivity contribution < 1.29 is 13.9 Å². The number of benzene rings is 2. The third-order valence-electron chi connectivity index (χ3n) is 6.73. The van der Waals surface area contributed by atoms with Crippen molar-refractivity contribution in [2.24, 2.45) is 5.73 Å². The predicted octanol–water partition coefficient (Wildman–Crippen LogP) is 2.79. The first-order valence-corrected chi connectivity index (χ1v) is 11.9. The van der Waals surface area contributed by atoms with Crippen molar-refractivity contribution in [2.45, 2.75) is 25.4 Å². The van der Waals surface area contributed by atoms with Crippen LogP contribution in [0.15, 0.2) is 60.0 Å². The lowest BCUT2D eigenvalue weighted by Crippen LogP contribution is -2.32. The van der Waals surface area contributed by atoms with Crippen molar-refractivity contribution in [3.8, 4) is 17.2 Å². The van der Waals surface area contributed by atoms with Crippen LogP contribution in [0.1, 0.15) is 23.2 Å². The van der Waals surface area contributed by atoms with Gasteiger partial charge in [-0.3, -0.25) is 9.59 Å². The Labute approximate surface area is 205 Å². The molecule has 4 aromatic rings. The lowest BCUT2D eigenvalue weighted by molar-refractivity contribution is 0.0951. The Hall–Kier alpha value is -4.18. The second-order valence-electron chi connectivity index (χ2n) is 9.15. The fourth-order valence-electron chi connectivity index (χ4n) is 4.98. The highest BCUT2D eigenvalue weighted by Gasteiger charge is 2.32. The highest BCUT2D eigenvalue weighted by molar-refractivity contribution is 6.01. The number of ether oxygens (including phenoxy) is 1. The molecule has 1 amide bonds. The molecule has 3 N–H and O–H groups in total. The Kier molecular flexibility index (Phi) is 5.45. The van der Waals surface area contributed by atoms with Crippen molar-refractivity contribution in [2.75, 3.05) is 24.5 Å². The number of hydrogen-bond acceptors (Lipinski definition) is 6. The third kappa shape index (κ3) is 3.70. The minimum atomic E-state index is -0.576. The van der Waals surface area contributed by atoms with Gasteiger partial charge >= 0.3 is 0 Å². The van der Waals surface area contributed by atoms with Gasteiger partial charge in [-0.1, -0.05) is 12.1 Å². The maximum Gasteiger partial charge on any atom is 0.256 e. The van der Waals surface area contributed by atoms with E-state index in [0.29, 0.717) is 49.6 Å². The molecule has 36 heavy (non-hydrogen) atoms. The van der Waals surface area contributed by atoms with Gasteiger partial charge in [0.1, 0.15) is 16.8 Å². The molecule has 4 heterocycles. The molecule has 9 nitrogen and oxygen atoms in total. The topological polar surface area (TPSA) is 107 Å². The molecule has 1 atom stereocenters. The van der Waals surface area contributed by atoms with E-state index in [1.54, 1.807) is 23.2 Å². The van der Waals surface area contributed by atoms with Gasteiger partial charge in [0.25, 0.3) is 5.91 Å². The van der Waals surface area contributed by atoms with Gasteiger partial charge in [-0.05, 0) is 31.0 Å². The first-order chi connectivity index (χ1) is 17.5. The summed E-state index contributed by atoms with van der Waals surface area (Å²) in [6.07, 6.45) is 8.17. The molecule has 10 heteroatoms. The van der Waals surface area contributed by atoms with Crippen LogP contribution in [0.3, 0.4) is 0 Å². The van der Waals surface area contributed by atoms with Gasteiger partial charge in [0.2, 0.25) is 5.43 Å². The lowest BCUT2D eigenvalue weighted by Gasteiger charge is -2.29. The largest absolute Gasteiger partial charge is 0.451 e. The number of carbonyl (C=O) groups excluding carboxylic acids is 1. The van der Waals surface area contributed by atoms with E-state index >= 15 is 4.39 Å². The number of nitrogens with two attached hydrogens (primary N) is 1. The first-order valence-electron chi connectivity index (χ1n) is 11.9. The number of para-hydroxylation sites is 2. The fourth-order valence-corrected chi connectivity index (χ4v) is 4.98. The lowest BCUT2D eigenvalue weighted by atomic mass is 10.1. The Morgan fingerprint density at radius 2 is 2.17 bits per heavy atom. The van der Waals surface area contributed by atoms with Crippen molar-refractivity contribution in [3.05, 3.63) is 76.9 Å². The van der Waals surface area contributed by atoms with E-state index in [2.05, 4.69) is 10.3 Å². The van der Waals surface area contributed by atoms with Crippen molar-refractivity contribution in [3.63, 3.8) is 0 Å². The Bertz CT molecular complexity index is 1530. The molecule has 1 saturated heterocycles. The zero-order valence-corrected chi connectivity index (χ0v) is 19.5. The van der Waals surface area contributed by atoms with Crippen molar-refractivity contribution >= 4 is 22.5 Å². The van der Waals surface area contributed by atoms with Crippen molar-refractivity contribution in [1.82, 2.24) is 19.4 Å². The monoisotopic (exact) mass is 488 g/mol. The average molecular weight is 489 g/mol. The fraction of sp³-hybridized carbons (Fsp3) is 0.269. The van der Waals surface area contributed by atoms with Gasteiger partial charge in [-0.15, -0.1) is 0 Å². The van der Waals surface area contributed by atoms with Crippen LogP contribution in [-0.4, -0.2) is 45.7 Å². The summed E-state index contributed by atoms with van der Waals surface area (Å²) in [6, 6.07) is 8.43. The molecule has 6 rings (SSSR count). The van der Waals surface area contributed by atoms with Crippen LogP contribution < -0.4 is 26.1 Å². The summed E-state index contributed by atoms with van der Waals surface area (Å²) in [5.74, 6) is -0.302. The Morgan fingerprint density at radius 1 is 1.31 bits per heavy atom. The summed E-state index contributed by atoms with van der Waals surface area (Å²) in [5.41, 5.74) is 6.88. The van der Waals surface area contributed by atoms with Crippen LogP contribution in [0.4, 0.5) is 10.1 Å². The van der Waals surface area contributed by atoms with Gasteiger partial charge in [-0.2, -0.15) is 0 Å². The molecular formula is C26H25FN6O3. The highest BCUT2D eigenvalue weighted by atomic mass is 19.1. The number of rotatable bonds is 6. The Balaban J connectivity index is 1.43. The van der Waals surface area contributed by atoms with E-state index in [9.17, 15) is 9.59 Å². The number of pyridine rings is 1. The van der Waals surface area contributed by atoms with Crippen LogP contribution in [0.25, 0.3) is 16.6 Å². The quantitative estimate of drug-likeness (QED) is 0.356. The number of amides is 1. The van der Waals surface area contributed by atoms with Crippen LogP contribution in [-0.2, 0) is 6.54 Å². The van der Waals surface area contributed by atoms with Gasteiger partial charge in [0, 0.05) is 50.8 Å². The van der Waals surface area contributed by atoms with E-state index in [1.165, 1.54) is 12.3 Å². The summed E-state index contributed by atoms with van der Waals surface area (Å²) in [5, 5.41) is 2.91. The van der Waals surface area contributed by atoms with Crippen LogP contribution >= 0.6 is 0 Å². The number of halogens is 1. The average Bonchev–Trinajstić information content (AvgIpc) is 3.55. The SMILES string of the molecule is NC1CCN(c2c(F)cc3c(=O)c(C(=O)NCCCn4ccnc4)cn4c3c2Oc2ccccc2-4)C1. The van der Waals surface area contributed by atoms with E-state index in [0.717, 1.165) is 6.42 Å². The number of hydrogen-bond donors (Lipinski definition) is 2. The van der Waals surface area contributed by atoms with Crippen LogP contribution in [0.2, 0.25) is 0 Å². The molecule has 0 radical (unpaired) electrons. The maximum atomic E-state index is 15.6. The van der Waals surface area contributed by atoms with E-state index in [1.807, 2.05) is 33.9 Å². The molecule has 0 spiro atoms. The minimum absolute atomic E-state index is 0.0527. The molecular weight excluding hydrogens is 463 g/mol. The third-order valence-corrected chi connectivity index (χ3v) is 6.73. The molecule has 0 aliphatic carbocycles. The second-order valence-corrected chi connectivity index (χ2v) is 9.15. The van der Waals surface area contributed by atoms with E-state index in [-0.39, 0.29) is 28.4 Å². The van der Waals surface area contributed by atoms with Gasteiger partial charge < -0.3 is 29.8 Å². The number of carbonyl (C=O) groups is 1. The first kappa shape index (κ1) is 22.3. The second kappa shape index (κ2) is 8.80. The molecule has 184 valence electrons. The molecule has 1 unspecified atom stereocenters. The minimum Gasteiger partial charge on any atom is -0.451 e. The van der Waals surface area contributed by atoms with E-state index in [4.69, 9.17) is 10.5 Å². The van der Waals surface area contributed by atoms with Gasteiger partial charge in [-0.25, -0.2) is 9.37 Å². The summed E-state index contributed by atoms with van der Waals surface area (Å²) < 4.78 is 25.4. The number of nitrogens with zero attached hydrogens (tertiary/aromatic N) is 4. The molecule has 1 fully saturated rings. The molecule has 2 aliphatic heterocycles. The van der Waals surface area contributed by atoms with Gasteiger partial charge in [0.15, 0.2) is 17.3 Å². The van der Waals surface area contributed by atoms with Crippen LogP contribution in [0.5, 0.6) is 11.5 Å². The standard InChI is InChI=1S/C26H25FN6O3/c27-19-12-17-22-25(23(19)32-10-6-16(28)13-32)36-21-5-2-1-4-20(21)33(22)14-18(24(17)34)26(35)30-7-3-9-31-11-8-29-15-31/h1-2,4-5,8,11-12,14-16H,3,6-7,9-10,13,28H2,(H,30,35). The molecule has 2 aromatic heterocycles.